The van der Waals surface area contributed by atoms with Gasteiger partial charge >= 0.3 is 0 Å². The zero-order chi connectivity index (χ0) is 22.2. The quantitative estimate of drug-likeness (QED) is 0.702. The largest absolute Gasteiger partial charge is 0.339 e. The molecule has 0 radical (unpaired) electrons. The highest BCUT2D eigenvalue weighted by Gasteiger charge is 2.34. The molecule has 7 heteroatoms. The second-order valence-electron chi connectivity index (χ2n) is 8.64. The molecule has 0 saturated carbocycles. The van der Waals surface area contributed by atoms with Crippen molar-refractivity contribution in [3.63, 3.8) is 0 Å². The van der Waals surface area contributed by atoms with Crippen LogP contribution < -0.4 is 0 Å². The summed E-state index contributed by atoms with van der Waals surface area (Å²) < 4.78 is 40.9. The van der Waals surface area contributed by atoms with E-state index in [0.717, 1.165) is 30.4 Å². The molecule has 1 heterocycles. The van der Waals surface area contributed by atoms with Gasteiger partial charge in [-0.05, 0) is 80.0 Å². The van der Waals surface area contributed by atoms with Crippen molar-refractivity contribution in [2.24, 2.45) is 5.92 Å². The van der Waals surface area contributed by atoms with E-state index in [2.05, 4.69) is 0 Å². The molecule has 1 aliphatic carbocycles. The van der Waals surface area contributed by atoms with Gasteiger partial charge in [0, 0.05) is 26.1 Å². The van der Waals surface area contributed by atoms with E-state index in [4.69, 9.17) is 0 Å². The number of piperidine rings is 1. The topological polar surface area (TPSA) is 57.7 Å². The van der Waals surface area contributed by atoms with Crippen LogP contribution in [0.4, 0.5) is 4.39 Å². The molecule has 1 saturated heterocycles. The predicted molar refractivity (Wildman–Crippen MR) is 118 cm³/mol. The second kappa shape index (κ2) is 8.71. The molecule has 1 amide bonds. The summed E-state index contributed by atoms with van der Waals surface area (Å²) in [6, 6.07) is 11.5. The number of halogens is 1. The molecule has 166 valence electrons. The maximum Gasteiger partial charge on any atom is 0.243 e. The average Bonchev–Trinajstić information content (AvgIpc) is 3.26. The Balaban J connectivity index is 1.39. The Morgan fingerprint density at radius 1 is 1.06 bits per heavy atom. The molecule has 0 aromatic heterocycles. The third-order valence-electron chi connectivity index (χ3n) is 6.79. The number of carbonyl (C=O) groups excluding carboxylic acids is 1. The van der Waals surface area contributed by atoms with E-state index in [-0.39, 0.29) is 23.7 Å². The van der Waals surface area contributed by atoms with Gasteiger partial charge in [-0.2, -0.15) is 4.31 Å². The van der Waals surface area contributed by atoms with Crippen LogP contribution in [0.5, 0.6) is 0 Å². The molecular weight excluding hydrogens is 415 g/mol. The van der Waals surface area contributed by atoms with Crippen molar-refractivity contribution in [2.45, 2.75) is 50.0 Å². The minimum atomic E-state index is -3.54. The van der Waals surface area contributed by atoms with Gasteiger partial charge in [-0.3, -0.25) is 4.79 Å². The van der Waals surface area contributed by atoms with Crippen molar-refractivity contribution in [3.8, 4) is 0 Å². The predicted octanol–water partition coefficient (Wildman–Crippen LogP) is 3.93. The molecule has 1 unspecified atom stereocenters. The van der Waals surface area contributed by atoms with Gasteiger partial charge in [-0.25, -0.2) is 12.8 Å². The Kier molecular flexibility index (Phi) is 6.17. The fourth-order valence-corrected chi connectivity index (χ4v) is 6.17. The number of nitrogens with zero attached hydrogens (tertiary/aromatic N) is 2. The summed E-state index contributed by atoms with van der Waals surface area (Å²) in [7, 11) is -1.79. The Morgan fingerprint density at radius 2 is 1.71 bits per heavy atom. The van der Waals surface area contributed by atoms with Crippen molar-refractivity contribution < 1.29 is 17.6 Å². The van der Waals surface area contributed by atoms with Crippen LogP contribution in [0.1, 0.15) is 48.9 Å². The van der Waals surface area contributed by atoms with E-state index in [1.807, 2.05) is 19.1 Å². The molecule has 0 bridgehead atoms. The Hall–Kier alpha value is -2.25. The molecule has 2 aromatic rings. The van der Waals surface area contributed by atoms with E-state index >= 15 is 0 Å². The minimum absolute atomic E-state index is 0.00593. The molecule has 2 aliphatic rings. The van der Waals surface area contributed by atoms with Crippen molar-refractivity contribution in [1.82, 2.24) is 9.21 Å². The van der Waals surface area contributed by atoms with Crippen molar-refractivity contribution in [3.05, 3.63) is 65.0 Å². The van der Waals surface area contributed by atoms with E-state index in [0.29, 0.717) is 30.8 Å². The number of amides is 1. The van der Waals surface area contributed by atoms with Crippen LogP contribution in [0, 0.1) is 11.7 Å². The first kappa shape index (κ1) is 22.0. The van der Waals surface area contributed by atoms with Crippen LogP contribution in [0.3, 0.4) is 0 Å². The number of aryl methyl sites for hydroxylation is 2. The molecule has 2 aromatic carbocycles. The number of hydrogen-bond donors (Lipinski definition) is 0. The first-order chi connectivity index (χ1) is 14.8. The molecule has 4 rings (SSSR count). The fourth-order valence-electron chi connectivity index (χ4n) is 4.64. The highest BCUT2D eigenvalue weighted by molar-refractivity contribution is 7.89. The van der Waals surface area contributed by atoms with Gasteiger partial charge in [0.25, 0.3) is 0 Å². The number of hydrogen-bond acceptors (Lipinski definition) is 3. The highest BCUT2D eigenvalue weighted by Crippen LogP contribution is 2.30. The monoisotopic (exact) mass is 444 g/mol. The Morgan fingerprint density at radius 3 is 2.39 bits per heavy atom. The Bertz CT molecular complexity index is 1060. The zero-order valence-electron chi connectivity index (χ0n) is 18.1. The van der Waals surface area contributed by atoms with Crippen LogP contribution in [0.2, 0.25) is 0 Å². The molecule has 1 atom stereocenters. The molecule has 5 nitrogen and oxygen atoms in total. The second-order valence-corrected chi connectivity index (χ2v) is 10.6. The van der Waals surface area contributed by atoms with E-state index < -0.39 is 10.0 Å². The smallest absolute Gasteiger partial charge is 0.243 e. The lowest BCUT2D eigenvalue weighted by Gasteiger charge is -2.34. The van der Waals surface area contributed by atoms with Gasteiger partial charge in [0.2, 0.25) is 15.9 Å². The lowest BCUT2D eigenvalue weighted by Crippen LogP contribution is -2.44. The first-order valence-electron chi connectivity index (χ1n) is 10.9. The lowest BCUT2D eigenvalue weighted by molar-refractivity contribution is -0.137. The summed E-state index contributed by atoms with van der Waals surface area (Å²) in [5.41, 5.74) is 3.26. The Labute approximate surface area is 183 Å². The molecule has 0 N–H and O–H groups in total. The summed E-state index contributed by atoms with van der Waals surface area (Å²) in [6.07, 6.45) is 4.05. The summed E-state index contributed by atoms with van der Waals surface area (Å²) >= 11 is 0. The molecule has 1 aliphatic heterocycles. The first-order valence-corrected chi connectivity index (χ1v) is 12.4. The number of rotatable bonds is 5. The van der Waals surface area contributed by atoms with Gasteiger partial charge in [0.1, 0.15) is 5.82 Å². The average molecular weight is 445 g/mol. The third kappa shape index (κ3) is 4.39. The standard InChI is InChI=1S/C24H29FN2O3S/c1-17(18-6-9-22(25)10-7-18)26(2)24(28)20-12-14-27(15-13-20)31(29,30)23-11-8-19-4-3-5-21(19)16-23/h6-11,16-17,20H,3-5,12-15H2,1-2H3. The van der Waals surface area contributed by atoms with Crippen LogP contribution in [0.25, 0.3) is 0 Å². The summed E-state index contributed by atoms with van der Waals surface area (Å²) in [5.74, 6) is -0.507. The fraction of sp³-hybridized carbons (Fsp3) is 0.458. The van der Waals surface area contributed by atoms with Crippen molar-refractivity contribution >= 4 is 15.9 Å². The summed E-state index contributed by atoms with van der Waals surface area (Å²) in [6.45, 7) is 2.60. The zero-order valence-corrected chi connectivity index (χ0v) is 18.9. The van der Waals surface area contributed by atoms with Gasteiger partial charge < -0.3 is 4.90 Å². The maximum absolute atomic E-state index is 13.2. The van der Waals surface area contributed by atoms with Crippen LogP contribution >= 0.6 is 0 Å². The molecule has 31 heavy (non-hydrogen) atoms. The summed E-state index contributed by atoms with van der Waals surface area (Å²) in [5, 5.41) is 0. The molecule has 0 spiro atoms. The van der Waals surface area contributed by atoms with E-state index in [1.54, 1.807) is 30.1 Å². The van der Waals surface area contributed by atoms with Crippen LogP contribution in [-0.2, 0) is 27.7 Å². The number of fused-ring (bicyclic) bond motifs is 1. The van der Waals surface area contributed by atoms with Crippen LogP contribution in [-0.4, -0.2) is 43.7 Å². The van der Waals surface area contributed by atoms with E-state index in [9.17, 15) is 17.6 Å². The van der Waals surface area contributed by atoms with Crippen LogP contribution in [0.15, 0.2) is 47.4 Å². The minimum Gasteiger partial charge on any atom is -0.339 e. The third-order valence-corrected chi connectivity index (χ3v) is 8.69. The highest BCUT2D eigenvalue weighted by atomic mass is 32.2. The van der Waals surface area contributed by atoms with E-state index in [1.165, 1.54) is 22.0 Å². The van der Waals surface area contributed by atoms with Gasteiger partial charge in [-0.1, -0.05) is 18.2 Å². The molecule has 1 fully saturated rings. The summed E-state index contributed by atoms with van der Waals surface area (Å²) in [4.78, 5) is 15.1. The SMILES string of the molecule is CC(c1ccc(F)cc1)N(C)C(=O)C1CCN(S(=O)(=O)c2ccc3c(c2)CCC3)CC1. The van der Waals surface area contributed by atoms with Gasteiger partial charge in [-0.15, -0.1) is 0 Å². The molecular formula is C24H29FN2O3S. The van der Waals surface area contributed by atoms with Crippen molar-refractivity contribution in [2.75, 3.05) is 20.1 Å². The number of benzene rings is 2. The van der Waals surface area contributed by atoms with Crippen molar-refractivity contribution in [1.29, 1.82) is 0 Å². The lowest BCUT2D eigenvalue weighted by atomic mass is 9.95. The van der Waals surface area contributed by atoms with Gasteiger partial charge in [0.05, 0.1) is 10.9 Å². The van der Waals surface area contributed by atoms with Gasteiger partial charge in [0.15, 0.2) is 0 Å². The number of sulfonamides is 1. The number of carbonyl (C=O) groups is 1. The maximum atomic E-state index is 13.2. The normalized spacial score (nSPS) is 18.5.